The van der Waals surface area contributed by atoms with Gasteiger partial charge in [-0.25, -0.2) is 9.59 Å². The first-order valence-electron chi connectivity index (χ1n) is 5.86. The molecule has 3 N–H and O–H groups in total. The standard InChI is InChI=1S/C12H15N3O5/c1-7(2)10(11(16)17)14-12(18)13-8-3-5-9(6-4-8)15(19)20/h3-7,10H,1-2H3,(H,16,17)(H2,13,14,18)/t10-/m0/s1. The number of anilines is 1. The molecule has 8 heteroatoms. The summed E-state index contributed by atoms with van der Waals surface area (Å²) < 4.78 is 0. The van der Waals surface area contributed by atoms with Crippen molar-refractivity contribution in [2.45, 2.75) is 19.9 Å². The molecule has 0 heterocycles. The van der Waals surface area contributed by atoms with Gasteiger partial charge in [-0.15, -0.1) is 0 Å². The topological polar surface area (TPSA) is 122 Å². The monoisotopic (exact) mass is 281 g/mol. The van der Waals surface area contributed by atoms with Crippen molar-refractivity contribution in [2.24, 2.45) is 5.92 Å². The third-order valence-corrected chi connectivity index (χ3v) is 2.56. The summed E-state index contributed by atoms with van der Waals surface area (Å²) in [4.78, 5) is 32.5. The number of aliphatic carboxylic acids is 1. The van der Waals surface area contributed by atoms with E-state index in [-0.39, 0.29) is 11.6 Å². The molecule has 1 aromatic carbocycles. The van der Waals surface area contributed by atoms with Gasteiger partial charge in [-0.3, -0.25) is 10.1 Å². The van der Waals surface area contributed by atoms with Crippen molar-refractivity contribution in [3.05, 3.63) is 34.4 Å². The molecule has 2 amide bonds. The Balaban J connectivity index is 2.66. The van der Waals surface area contributed by atoms with Gasteiger partial charge in [0, 0.05) is 17.8 Å². The third kappa shape index (κ3) is 4.23. The van der Waals surface area contributed by atoms with E-state index in [9.17, 15) is 19.7 Å². The molecule has 1 atom stereocenters. The Morgan fingerprint density at radius 3 is 2.20 bits per heavy atom. The number of benzene rings is 1. The lowest BCUT2D eigenvalue weighted by atomic mass is 10.1. The molecule has 0 spiro atoms. The van der Waals surface area contributed by atoms with Gasteiger partial charge in [-0.2, -0.15) is 0 Å². The van der Waals surface area contributed by atoms with E-state index >= 15 is 0 Å². The largest absolute Gasteiger partial charge is 0.480 e. The second-order valence-electron chi connectivity index (χ2n) is 4.46. The second-order valence-corrected chi connectivity index (χ2v) is 4.46. The van der Waals surface area contributed by atoms with Crippen LogP contribution < -0.4 is 10.6 Å². The molecule has 1 aromatic rings. The average molecular weight is 281 g/mol. The van der Waals surface area contributed by atoms with Gasteiger partial charge >= 0.3 is 12.0 Å². The first-order valence-corrected chi connectivity index (χ1v) is 5.86. The van der Waals surface area contributed by atoms with Gasteiger partial charge in [0.05, 0.1) is 4.92 Å². The predicted octanol–water partition coefficient (Wildman–Crippen LogP) is 1.83. The molecule has 20 heavy (non-hydrogen) atoms. The van der Waals surface area contributed by atoms with Gasteiger partial charge in [0.25, 0.3) is 5.69 Å². The van der Waals surface area contributed by atoms with Crippen molar-refractivity contribution < 1.29 is 19.6 Å². The minimum atomic E-state index is -1.13. The van der Waals surface area contributed by atoms with Crippen LogP contribution in [-0.2, 0) is 4.79 Å². The van der Waals surface area contributed by atoms with Crippen LogP contribution in [0.1, 0.15) is 13.8 Å². The Hall–Kier alpha value is -2.64. The maximum Gasteiger partial charge on any atom is 0.326 e. The number of carbonyl (C=O) groups is 2. The van der Waals surface area contributed by atoms with Crippen molar-refractivity contribution in [3.63, 3.8) is 0 Å². The molecule has 0 fully saturated rings. The van der Waals surface area contributed by atoms with E-state index in [1.54, 1.807) is 13.8 Å². The lowest BCUT2D eigenvalue weighted by Gasteiger charge is -2.18. The number of hydrogen-bond acceptors (Lipinski definition) is 4. The zero-order chi connectivity index (χ0) is 15.3. The van der Waals surface area contributed by atoms with E-state index in [0.717, 1.165) is 0 Å². The molecular weight excluding hydrogens is 266 g/mol. The quantitative estimate of drug-likeness (QED) is 0.561. The first kappa shape index (κ1) is 15.4. The number of carbonyl (C=O) groups excluding carboxylic acids is 1. The van der Waals surface area contributed by atoms with Gasteiger partial charge in [0.1, 0.15) is 6.04 Å². The van der Waals surface area contributed by atoms with E-state index in [4.69, 9.17) is 5.11 Å². The summed E-state index contributed by atoms with van der Waals surface area (Å²) >= 11 is 0. The number of nitrogens with one attached hydrogen (secondary N) is 2. The lowest BCUT2D eigenvalue weighted by molar-refractivity contribution is -0.384. The summed E-state index contributed by atoms with van der Waals surface area (Å²) in [6.45, 7) is 3.34. The fourth-order valence-electron chi connectivity index (χ4n) is 1.49. The molecule has 0 aliphatic carbocycles. The van der Waals surface area contributed by atoms with Crippen LogP contribution >= 0.6 is 0 Å². The van der Waals surface area contributed by atoms with Crippen LogP contribution in [0.4, 0.5) is 16.2 Å². The molecule has 0 saturated carbocycles. The highest BCUT2D eigenvalue weighted by atomic mass is 16.6. The van der Waals surface area contributed by atoms with Crippen LogP contribution in [0.25, 0.3) is 0 Å². The van der Waals surface area contributed by atoms with Crippen molar-refractivity contribution in [1.29, 1.82) is 0 Å². The summed E-state index contributed by atoms with van der Waals surface area (Å²) in [7, 11) is 0. The number of amides is 2. The maximum absolute atomic E-state index is 11.6. The molecule has 0 aliphatic heterocycles. The molecule has 0 unspecified atom stereocenters. The summed E-state index contributed by atoms with van der Waals surface area (Å²) in [5, 5.41) is 24.1. The molecule has 0 saturated heterocycles. The molecular formula is C12H15N3O5. The highest BCUT2D eigenvalue weighted by molar-refractivity contribution is 5.92. The zero-order valence-corrected chi connectivity index (χ0v) is 11.0. The Labute approximate surface area is 114 Å². The minimum Gasteiger partial charge on any atom is -0.480 e. The van der Waals surface area contributed by atoms with Crippen molar-refractivity contribution in [3.8, 4) is 0 Å². The highest BCUT2D eigenvalue weighted by Gasteiger charge is 2.23. The van der Waals surface area contributed by atoms with Crippen LogP contribution in [0.3, 0.4) is 0 Å². The minimum absolute atomic E-state index is 0.0958. The van der Waals surface area contributed by atoms with Crippen molar-refractivity contribution >= 4 is 23.4 Å². The molecule has 0 bridgehead atoms. The molecule has 0 aromatic heterocycles. The number of nitrogens with zero attached hydrogens (tertiary/aromatic N) is 1. The Morgan fingerprint density at radius 1 is 1.25 bits per heavy atom. The number of rotatable bonds is 5. The number of nitro groups is 1. The highest BCUT2D eigenvalue weighted by Crippen LogP contribution is 2.15. The van der Waals surface area contributed by atoms with E-state index in [1.165, 1.54) is 24.3 Å². The summed E-state index contributed by atoms with van der Waals surface area (Å²) in [6.07, 6.45) is 0. The second kappa shape index (κ2) is 6.50. The van der Waals surface area contributed by atoms with Gasteiger partial charge in [-0.05, 0) is 18.1 Å². The first-order chi connectivity index (χ1) is 9.31. The maximum atomic E-state index is 11.6. The van der Waals surface area contributed by atoms with Gasteiger partial charge in [0.2, 0.25) is 0 Å². The SMILES string of the molecule is CC(C)[C@H](NC(=O)Nc1ccc([N+](=O)[O-])cc1)C(=O)O. The smallest absolute Gasteiger partial charge is 0.326 e. The van der Waals surface area contributed by atoms with Crippen LogP contribution in [0, 0.1) is 16.0 Å². The Morgan fingerprint density at radius 2 is 1.80 bits per heavy atom. The van der Waals surface area contributed by atoms with Gasteiger partial charge in [0.15, 0.2) is 0 Å². The number of non-ortho nitro benzene ring substituents is 1. The average Bonchev–Trinajstić information content (AvgIpc) is 2.35. The normalized spacial score (nSPS) is 11.8. The number of carboxylic acids is 1. The summed E-state index contributed by atoms with van der Waals surface area (Å²) in [6, 6.07) is 3.53. The van der Waals surface area contributed by atoms with Crippen molar-refractivity contribution in [2.75, 3.05) is 5.32 Å². The fraction of sp³-hybridized carbons (Fsp3) is 0.333. The van der Waals surface area contributed by atoms with Gasteiger partial charge in [-0.1, -0.05) is 13.8 Å². The lowest BCUT2D eigenvalue weighted by Crippen LogP contribution is -2.46. The summed E-state index contributed by atoms with van der Waals surface area (Å²) in [5.41, 5.74) is 0.238. The molecule has 1 rings (SSSR count). The molecule has 0 radical (unpaired) electrons. The fourth-order valence-corrected chi connectivity index (χ4v) is 1.49. The third-order valence-electron chi connectivity index (χ3n) is 2.56. The van der Waals surface area contributed by atoms with Crippen LogP contribution in [0.15, 0.2) is 24.3 Å². The Bertz CT molecular complexity index is 512. The Kier molecular flexibility index (Phi) is 5.01. The number of hydrogen-bond donors (Lipinski definition) is 3. The van der Waals surface area contributed by atoms with E-state index < -0.39 is 23.0 Å². The van der Waals surface area contributed by atoms with Crippen molar-refractivity contribution in [1.82, 2.24) is 5.32 Å². The van der Waals surface area contributed by atoms with Crippen LogP contribution in [0.5, 0.6) is 0 Å². The molecule has 0 aliphatic rings. The van der Waals surface area contributed by atoms with Crippen LogP contribution in [0.2, 0.25) is 0 Å². The molecule has 108 valence electrons. The van der Waals surface area contributed by atoms with E-state index in [2.05, 4.69) is 10.6 Å². The summed E-state index contributed by atoms with van der Waals surface area (Å²) in [5.74, 6) is -1.39. The van der Waals surface area contributed by atoms with Crippen LogP contribution in [-0.4, -0.2) is 28.1 Å². The zero-order valence-electron chi connectivity index (χ0n) is 11.0. The number of nitro benzene ring substituents is 1. The van der Waals surface area contributed by atoms with E-state index in [0.29, 0.717) is 5.69 Å². The predicted molar refractivity (Wildman–Crippen MR) is 71.5 cm³/mol. The number of carboxylic acid groups (broad SMARTS) is 1. The number of urea groups is 1. The molecule has 8 nitrogen and oxygen atoms in total. The van der Waals surface area contributed by atoms with Gasteiger partial charge < -0.3 is 15.7 Å². The van der Waals surface area contributed by atoms with E-state index in [1.807, 2.05) is 0 Å².